The first-order valence-electron chi connectivity index (χ1n) is 9.01. The highest BCUT2D eigenvalue weighted by molar-refractivity contribution is 8.03. The van der Waals surface area contributed by atoms with Crippen LogP contribution in [-0.2, 0) is 10.5 Å². The van der Waals surface area contributed by atoms with Crippen LogP contribution in [-0.4, -0.2) is 21.9 Å². The summed E-state index contributed by atoms with van der Waals surface area (Å²) in [5.74, 6) is 1.48. The maximum atomic E-state index is 12.1. The molecule has 1 heterocycles. The molecule has 0 saturated carbocycles. The number of nitrogens with zero attached hydrogens (tertiary/aromatic N) is 3. The molecule has 0 aliphatic heterocycles. The van der Waals surface area contributed by atoms with Gasteiger partial charge in [0, 0.05) is 11.4 Å². The summed E-state index contributed by atoms with van der Waals surface area (Å²) in [5.41, 5.74) is 3.72. The van der Waals surface area contributed by atoms with E-state index in [4.69, 9.17) is 5.26 Å². The fourth-order valence-corrected chi connectivity index (χ4v) is 5.22. The Labute approximate surface area is 182 Å². The molecule has 148 valence electrons. The molecular formula is C21H20N4OS3. The standard InChI is InChI=1S/C21H20N4OS3/c1-14(2)17-8-6-15(7-9-17)12-27-20-24-25-21(29-20)28-13-19(26)23-18-5-3-4-16(10-18)11-22/h3-10,14H,12-13H2,1-2H3,(H,23,26). The third-order valence-corrected chi connectivity index (χ3v) is 7.26. The highest BCUT2D eigenvalue weighted by Gasteiger charge is 2.10. The average Bonchev–Trinajstić information content (AvgIpc) is 3.19. The number of rotatable bonds is 8. The molecule has 0 atom stereocenters. The Morgan fingerprint density at radius 1 is 1.14 bits per heavy atom. The Morgan fingerprint density at radius 2 is 1.86 bits per heavy atom. The number of hydrogen-bond acceptors (Lipinski definition) is 7. The molecule has 0 unspecified atom stereocenters. The van der Waals surface area contributed by atoms with Crippen molar-refractivity contribution in [2.75, 3.05) is 11.1 Å². The lowest BCUT2D eigenvalue weighted by Gasteiger charge is -2.06. The van der Waals surface area contributed by atoms with E-state index in [0.29, 0.717) is 17.2 Å². The van der Waals surface area contributed by atoms with Crippen molar-refractivity contribution in [3.63, 3.8) is 0 Å². The van der Waals surface area contributed by atoms with Crippen LogP contribution in [0.5, 0.6) is 0 Å². The summed E-state index contributed by atoms with van der Waals surface area (Å²) in [5, 5.41) is 20.1. The Balaban J connectivity index is 1.46. The first-order valence-corrected chi connectivity index (χ1v) is 11.8. The number of carbonyl (C=O) groups excluding carboxylic acids is 1. The number of anilines is 1. The molecule has 0 aliphatic carbocycles. The van der Waals surface area contributed by atoms with Crippen LogP contribution in [0.4, 0.5) is 5.69 Å². The van der Waals surface area contributed by atoms with E-state index in [1.165, 1.54) is 34.2 Å². The van der Waals surface area contributed by atoms with Gasteiger partial charge in [-0.15, -0.1) is 10.2 Å². The summed E-state index contributed by atoms with van der Waals surface area (Å²) >= 11 is 4.51. The number of aromatic nitrogens is 2. The summed E-state index contributed by atoms with van der Waals surface area (Å²) in [7, 11) is 0. The molecule has 8 heteroatoms. The molecule has 0 bridgehead atoms. The molecule has 1 aromatic heterocycles. The molecule has 3 rings (SSSR count). The summed E-state index contributed by atoms with van der Waals surface area (Å²) in [6.07, 6.45) is 0. The lowest BCUT2D eigenvalue weighted by molar-refractivity contribution is -0.113. The van der Waals surface area contributed by atoms with Crippen LogP contribution in [0, 0.1) is 11.3 Å². The van der Waals surface area contributed by atoms with E-state index in [2.05, 4.69) is 59.7 Å². The Bertz CT molecular complexity index is 1010. The van der Waals surface area contributed by atoms with Crippen molar-refractivity contribution in [1.82, 2.24) is 10.2 Å². The Hall–Kier alpha value is -2.34. The van der Waals surface area contributed by atoms with E-state index in [1.54, 1.807) is 36.0 Å². The Kier molecular flexibility index (Phi) is 7.69. The molecule has 3 aromatic rings. The van der Waals surface area contributed by atoms with Gasteiger partial charge in [-0.25, -0.2) is 0 Å². The minimum atomic E-state index is -0.139. The van der Waals surface area contributed by atoms with Gasteiger partial charge in [0.15, 0.2) is 8.68 Å². The molecule has 0 spiro atoms. The zero-order chi connectivity index (χ0) is 20.6. The van der Waals surface area contributed by atoms with Gasteiger partial charge in [-0.05, 0) is 35.2 Å². The molecule has 0 fully saturated rings. The molecule has 1 N–H and O–H groups in total. The number of nitrogens with one attached hydrogen (secondary N) is 1. The van der Waals surface area contributed by atoms with Gasteiger partial charge in [0.1, 0.15) is 0 Å². The third-order valence-electron chi connectivity index (χ3n) is 4.00. The summed E-state index contributed by atoms with van der Waals surface area (Å²) in [4.78, 5) is 12.1. The van der Waals surface area contributed by atoms with Gasteiger partial charge in [-0.2, -0.15) is 5.26 Å². The number of amides is 1. The topological polar surface area (TPSA) is 78.7 Å². The van der Waals surface area contributed by atoms with Crippen molar-refractivity contribution >= 4 is 46.5 Å². The van der Waals surface area contributed by atoms with Crippen molar-refractivity contribution in [3.05, 3.63) is 65.2 Å². The molecule has 2 aromatic carbocycles. The van der Waals surface area contributed by atoms with E-state index in [0.717, 1.165) is 14.4 Å². The van der Waals surface area contributed by atoms with Crippen molar-refractivity contribution in [2.45, 2.75) is 34.2 Å². The van der Waals surface area contributed by atoms with Crippen LogP contribution in [0.1, 0.15) is 36.5 Å². The normalized spacial score (nSPS) is 10.7. The van der Waals surface area contributed by atoms with Gasteiger partial charge < -0.3 is 5.32 Å². The van der Waals surface area contributed by atoms with Crippen LogP contribution in [0.15, 0.2) is 57.2 Å². The van der Waals surface area contributed by atoms with Crippen molar-refractivity contribution < 1.29 is 4.79 Å². The Morgan fingerprint density at radius 3 is 2.55 bits per heavy atom. The molecule has 0 saturated heterocycles. The first kappa shape index (κ1) is 21.4. The second-order valence-corrected chi connectivity index (χ2v) is 9.97. The fourth-order valence-electron chi connectivity index (χ4n) is 2.45. The highest BCUT2D eigenvalue weighted by atomic mass is 32.2. The quantitative estimate of drug-likeness (QED) is 0.462. The fraction of sp³-hybridized carbons (Fsp3) is 0.238. The maximum Gasteiger partial charge on any atom is 0.234 e. The zero-order valence-corrected chi connectivity index (χ0v) is 18.5. The molecule has 0 aliphatic rings. The summed E-state index contributed by atoms with van der Waals surface area (Å²) < 4.78 is 1.66. The zero-order valence-electron chi connectivity index (χ0n) is 16.1. The lowest BCUT2D eigenvalue weighted by atomic mass is 10.0. The van der Waals surface area contributed by atoms with Crippen LogP contribution in [0.2, 0.25) is 0 Å². The number of nitriles is 1. The second-order valence-electron chi connectivity index (χ2n) is 6.55. The van der Waals surface area contributed by atoms with Gasteiger partial charge in [0.25, 0.3) is 0 Å². The van der Waals surface area contributed by atoms with E-state index >= 15 is 0 Å². The van der Waals surface area contributed by atoms with Gasteiger partial charge in [0.2, 0.25) is 5.91 Å². The minimum Gasteiger partial charge on any atom is -0.325 e. The first-order chi connectivity index (χ1) is 14.0. The van der Waals surface area contributed by atoms with E-state index in [9.17, 15) is 4.79 Å². The maximum absolute atomic E-state index is 12.1. The van der Waals surface area contributed by atoms with E-state index < -0.39 is 0 Å². The van der Waals surface area contributed by atoms with Crippen LogP contribution in [0.3, 0.4) is 0 Å². The summed E-state index contributed by atoms with van der Waals surface area (Å²) in [6, 6.07) is 17.6. The number of benzene rings is 2. The van der Waals surface area contributed by atoms with Crippen molar-refractivity contribution in [3.8, 4) is 6.07 Å². The monoisotopic (exact) mass is 440 g/mol. The van der Waals surface area contributed by atoms with Crippen molar-refractivity contribution in [1.29, 1.82) is 5.26 Å². The third kappa shape index (κ3) is 6.60. The van der Waals surface area contributed by atoms with Gasteiger partial charge in [0.05, 0.1) is 17.4 Å². The minimum absolute atomic E-state index is 0.139. The number of thioether (sulfide) groups is 2. The van der Waals surface area contributed by atoms with Crippen LogP contribution >= 0.6 is 34.9 Å². The average molecular weight is 441 g/mol. The van der Waals surface area contributed by atoms with E-state index in [-0.39, 0.29) is 11.7 Å². The van der Waals surface area contributed by atoms with E-state index in [1.807, 2.05) is 0 Å². The molecule has 1 amide bonds. The SMILES string of the molecule is CC(C)c1ccc(CSc2nnc(SCC(=O)Nc3cccc(C#N)c3)s2)cc1. The number of hydrogen-bond donors (Lipinski definition) is 1. The predicted molar refractivity (Wildman–Crippen MR) is 121 cm³/mol. The largest absolute Gasteiger partial charge is 0.325 e. The van der Waals surface area contributed by atoms with Crippen molar-refractivity contribution in [2.24, 2.45) is 0 Å². The molecule has 29 heavy (non-hydrogen) atoms. The molecule has 0 radical (unpaired) electrons. The van der Waals surface area contributed by atoms with Gasteiger partial charge in [-0.1, -0.05) is 79.0 Å². The summed E-state index contributed by atoms with van der Waals surface area (Å²) in [6.45, 7) is 4.38. The van der Waals surface area contributed by atoms with Crippen LogP contribution in [0.25, 0.3) is 0 Å². The second kappa shape index (κ2) is 10.4. The molecular weight excluding hydrogens is 420 g/mol. The van der Waals surface area contributed by atoms with Crippen LogP contribution < -0.4 is 5.32 Å². The van der Waals surface area contributed by atoms with Gasteiger partial charge >= 0.3 is 0 Å². The number of carbonyl (C=O) groups is 1. The highest BCUT2D eigenvalue weighted by Crippen LogP contribution is 2.31. The smallest absolute Gasteiger partial charge is 0.234 e. The lowest BCUT2D eigenvalue weighted by Crippen LogP contribution is -2.13. The molecule has 5 nitrogen and oxygen atoms in total. The van der Waals surface area contributed by atoms with Gasteiger partial charge in [-0.3, -0.25) is 4.79 Å². The predicted octanol–water partition coefficient (Wildman–Crippen LogP) is 5.56.